The SMILES string of the molecule is CN(Cc1cccc(C(F)(F)F)c1)C(=O)c1nc(-c2cc(Cl)c(O)c(Cl)c2)cs1. The van der Waals surface area contributed by atoms with Crippen LogP contribution in [0.2, 0.25) is 10.0 Å². The lowest BCUT2D eigenvalue weighted by molar-refractivity contribution is -0.137. The van der Waals surface area contributed by atoms with Gasteiger partial charge in [-0.1, -0.05) is 35.3 Å². The van der Waals surface area contributed by atoms with E-state index in [1.54, 1.807) is 5.38 Å². The van der Waals surface area contributed by atoms with E-state index in [4.69, 9.17) is 23.2 Å². The molecule has 0 aliphatic carbocycles. The highest BCUT2D eigenvalue weighted by atomic mass is 35.5. The molecule has 0 saturated carbocycles. The molecule has 1 amide bonds. The van der Waals surface area contributed by atoms with Gasteiger partial charge in [-0.2, -0.15) is 13.2 Å². The normalized spacial score (nSPS) is 11.5. The summed E-state index contributed by atoms with van der Waals surface area (Å²) < 4.78 is 38.6. The van der Waals surface area contributed by atoms with Gasteiger partial charge >= 0.3 is 6.18 Å². The first-order valence-electron chi connectivity index (χ1n) is 8.12. The van der Waals surface area contributed by atoms with E-state index in [-0.39, 0.29) is 27.3 Å². The van der Waals surface area contributed by atoms with Gasteiger partial charge in [0.05, 0.1) is 21.3 Å². The van der Waals surface area contributed by atoms with Crippen LogP contribution in [-0.2, 0) is 12.7 Å². The van der Waals surface area contributed by atoms with Crippen molar-refractivity contribution in [3.8, 4) is 17.0 Å². The fraction of sp³-hybridized carbons (Fsp3) is 0.158. The second-order valence-corrected chi connectivity index (χ2v) is 7.86. The van der Waals surface area contributed by atoms with Gasteiger partial charge in [-0.05, 0) is 29.8 Å². The number of aromatic nitrogens is 1. The molecule has 1 heterocycles. The Kier molecular flexibility index (Phi) is 6.07. The maximum Gasteiger partial charge on any atom is 0.416 e. The molecule has 0 atom stereocenters. The van der Waals surface area contributed by atoms with E-state index in [1.807, 2.05) is 0 Å². The summed E-state index contributed by atoms with van der Waals surface area (Å²) in [6.07, 6.45) is -4.45. The monoisotopic (exact) mass is 460 g/mol. The molecule has 10 heteroatoms. The zero-order valence-electron chi connectivity index (χ0n) is 14.8. The zero-order chi connectivity index (χ0) is 21.3. The summed E-state index contributed by atoms with van der Waals surface area (Å²) in [4.78, 5) is 18.2. The summed E-state index contributed by atoms with van der Waals surface area (Å²) in [6.45, 7) is -0.00542. The maximum atomic E-state index is 12.9. The number of hydrogen-bond donors (Lipinski definition) is 1. The average molecular weight is 461 g/mol. The Morgan fingerprint density at radius 1 is 1.21 bits per heavy atom. The van der Waals surface area contributed by atoms with Crippen molar-refractivity contribution in [2.45, 2.75) is 12.7 Å². The Labute approximate surface area is 178 Å². The molecule has 0 bridgehead atoms. The van der Waals surface area contributed by atoms with Crippen LogP contribution < -0.4 is 0 Å². The van der Waals surface area contributed by atoms with Gasteiger partial charge in [0.2, 0.25) is 0 Å². The van der Waals surface area contributed by atoms with Gasteiger partial charge in [0.1, 0.15) is 0 Å². The van der Waals surface area contributed by atoms with Crippen molar-refractivity contribution in [3.63, 3.8) is 0 Å². The molecular weight excluding hydrogens is 448 g/mol. The van der Waals surface area contributed by atoms with Crippen molar-refractivity contribution in [1.82, 2.24) is 9.88 Å². The van der Waals surface area contributed by atoms with Crippen LogP contribution in [0.3, 0.4) is 0 Å². The number of hydrogen-bond acceptors (Lipinski definition) is 4. The molecule has 2 aromatic carbocycles. The number of rotatable bonds is 4. The third-order valence-electron chi connectivity index (χ3n) is 4.02. The summed E-state index contributed by atoms with van der Waals surface area (Å²) in [5.41, 5.74) is 0.543. The number of nitrogens with zero attached hydrogens (tertiary/aromatic N) is 2. The van der Waals surface area contributed by atoms with E-state index in [9.17, 15) is 23.1 Å². The Hall–Kier alpha value is -2.29. The van der Waals surface area contributed by atoms with Gasteiger partial charge in [-0.25, -0.2) is 4.98 Å². The van der Waals surface area contributed by atoms with Crippen LogP contribution in [0.4, 0.5) is 13.2 Å². The molecule has 0 unspecified atom stereocenters. The lowest BCUT2D eigenvalue weighted by atomic mass is 10.1. The number of phenolic OH excluding ortho intramolecular Hbond substituents is 1. The molecule has 0 radical (unpaired) electrons. The van der Waals surface area contributed by atoms with E-state index in [0.717, 1.165) is 23.5 Å². The molecule has 0 fully saturated rings. The molecule has 1 N–H and O–H groups in total. The maximum absolute atomic E-state index is 12.9. The minimum Gasteiger partial charge on any atom is -0.505 e. The third-order valence-corrected chi connectivity index (χ3v) is 5.43. The molecule has 0 saturated heterocycles. The number of carbonyl (C=O) groups excluding carboxylic acids is 1. The topological polar surface area (TPSA) is 53.4 Å². The molecule has 4 nitrogen and oxygen atoms in total. The van der Waals surface area contributed by atoms with Crippen molar-refractivity contribution < 1.29 is 23.1 Å². The van der Waals surface area contributed by atoms with E-state index in [1.165, 1.54) is 36.2 Å². The highest BCUT2D eigenvalue weighted by molar-refractivity contribution is 7.12. The van der Waals surface area contributed by atoms with Gasteiger partial charge in [-0.15, -0.1) is 11.3 Å². The van der Waals surface area contributed by atoms with Crippen molar-refractivity contribution >= 4 is 40.4 Å². The van der Waals surface area contributed by atoms with E-state index < -0.39 is 17.6 Å². The van der Waals surface area contributed by atoms with Crippen LogP contribution in [0.25, 0.3) is 11.3 Å². The minimum atomic E-state index is -4.45. The predicted octanol–water partition coefficient (Wildman–Crippen LogP) is 6.11. The molecule has 3 aromatic rings. The van der Waals surface area contributed by atoms with Crippen LogP contribution >= 0.6 is 34.5 Å². The number of phenols is 1. The Morgan fingerprint density at radius 2 is 1.86 bits per heavy atom. The summed E-state index contributed by atoms with van der Waals surface area (Å²) in [7, 11) is 1.48. The Morgan fingerprint density at radius 3 is 2.48 bits per heavy atom. The van der Waals surface area contributed by atoms with E-state index >= 15 is 0 Å². The fourth-order valence-corrected chi connectivity index (χ4v) is 3.88. The quantitative estimate of drug-likeness (QED) is 0.510. The smallest absolute Gasteiger partial charge is 0.416 e. The fourth-order valence-electron chi connectivity index (χ4n) is 2.57. The first kappa shape index (κ1) is 21.4. The summed E-state index contributed by atoms with van der Waals surface area (Å²) in [5, 5.41) is 11.5. The van der Waals surface area contributed by atoms with E-state index in [2.05, 4.69) is 4.98 Å². The lowest BCUT2D eigenvalue weighted by Gasteiger charge is -2.17. The predicted molar refractivity (Wildman–Crippen MR) is 106 cm³/mol. The summed E-state index contributed by atoms with van der Waals surface area (Å²) in [5.74, 6) is -0.681. The average Bonchev–Trinajstić information content (AvgIpc) is 3.14. The van der Waals surface area contributed by atoms with Crippen LogP contribution in [0, 0.1) is 0 Å². The lowest BCUT2D eigenvalue weighted by Crippen LogP contribution is -2.26. The molecule has 0 spiro atoms. The number of halogens is 5. The number of benzene rings is 2. The molecule has 3 rings (SSSR count). The zero-order valence-corrected chi connectivity index (χ0v) is 17.1. The first-order chi connectivity index (χ1) is 13.6. The van der Waals surface area contributed by atoms with Crippen LogP contribution in [-0.4, -0.2) is 27.9 Å². The van der Waals surface area contributed by atoms with Crippen LogP contribution in [0.1, 0.15) is 20.9 Å². The highest BCUT2D eigenvalue weighted by Crippen LogP contribution is 2.36. The summed E-state index contributed by atoms with van der Waals surface area (Å²) >= 11 is 12.9. The highest BCUT2D eigenvalue weighted by Gasteiger charge is 2.30. The molecule has 0 aliphatic rings. The van der Waals surface area contributed by atoms with Gasteiger partial charge in [0.25, 0.3) is 5.91 Å². The van der Waals surface area contributed by atoms with Gasteiger partial charge < -0.3 is 10.0 Å². The molecule has 0 aliphatic heterocycles. The van der Waals surface area contributed by atoms with Crippen molar-refractivity contribution in [1.29, 1.82) is 0 Å². The van der Waals surface area contributed by atoms with Crippen LogP contribution in [0.15, 0.2) is 41.8 Å². The minimum absolute atomic E-state index is 0.00542. The Bertz CT molecular complexity index is 1050. The van der Waals surface area contributed by atoms with Gasteiger partial charge in [0.15, 0.2) is 10.8 Å². The first-order valence-corrected chi connectivity index (χ1v) is 9.75. The number of amides is 1. The van der Waals surface area contributed by atoms with Crippen molar-refractivity contribution in [2.75, 3.05) is 7.05 Å². The van der Waals surface area contributed by atoms with Gasteiger partial charge in [-0.3, -0.25) is 4.79 Å². The molecule has 1 aromatic heterocycles. The van der Waals surface area contributed by atoms with Crippen LogP contribution in [0.5, 0.6) is 5.75 Å². The van der Waals surface area contributed by atoms with Crippen molar-refractivity contribution in [3.05, 3.63) is 68.0 Å². The number of aromatic hydroxyl groups is 1. The largest absolute Gasteiger partial charge is 0.505 e. The van der Waals surface area contributed by atoms with E-state index in [0.29, 0.717) is 16.8 Å². The second-order valence-electron chi connectivity index (χ2n) is 6.19. The Balaban J connectivity index is 1.78. The van der Waals surface area contributed by atoms with Crippen molar-refractivity contribution in [2.24, 2.45) is 0 Å². The summed E-state index contributed by atoms with van der Waals surface area (Å²) in [6, 6.07) is 7.75. The molecule has 29 heavy (non-hydrogen) atoms. The molecule has 152 valence electrons. The molecular formula is C19H13Cl2F3N2O2S. The number of alkyl halides is 3. The number of carbonyl (C=O) groups is 1. The van der Waals surface area contributed by atoms with Gasteiger partial charge in [0, 0.05) is 24.5 Å². The third kappa shape index (κ3) is 4.83. The number of thiazole rings is 1. The standard InChI is InChI=1S/C19H13Cl2F3N2O2S/c1-26(8-10-3-2-4-12(5-10)19(22,23)24)18(28)17-25-15(9-29-17)11-6-13(20)16(27)14(21)7-11/h2-7,9,27H,8H2,1H3. The second kappa shape index (κ2) is 8.22.